The number of benzene rings is 1. The molecule has 1 aliphatic rings. The van der Waals surface area contributed by atoms with Crippen LogP contribution in [0.5, 0.6) is 5.75 Å². The molecule has 1 aromatic carbocycles. The predicted molar refractivity (Wildman–Crippen MR) is 96.2 cm³/mol. The van der Waals surface area contributed by atoms with E-state index >= 15 is 0 Å². The first-order valence-corrected chi connectivity index (χ1v) is 9.15. The number of rotatable bonds is 5. The van der Waals surface area contributed by atoms with Gasteiger partial charge in [0.15, 0.2) is 5.92 Å². The van der Waals surface area contributed by atoms with Crippen LogP contribution in [0, 0.1) is 11.8 Å². The number of ether oxygens (including phenoxy) is 1. The smallest absolute Gasteiger partial charge is 0.407 e. The minimum absolute atomic E-state index is 0.0898. The first-order valence-electron chi connectivity index (χ1n) is 9.15. The molecule has 1 aliphatic heterocycles. The van der Waals surface area contributed by atoms with Gasteiger partial charge in [-0.25, -0.2) is 4.79 Å². The lowest BCUT2D eigenvalue weighted by molar-refractivity contribution is -0.311. The van der Waals surface area contributed by atoms with E-state index in [0.29, 0.717) is 16.2 Å². The molecule has 0 saturated carbocycles. The van der Waals surface area contributed by atoms with Gasteiger partial charge in [-0.05, 0) is 38.1 Å². The summed E-state index contributed by atoms with van der Waals surface area (Å²) in [6.45, 7) is 0.414. The van der Waals surface area contributed by atoms with Crippen LogP contribution in [0.3, 0.4) is 0 Å². The second-order valence-electron chi connectivity index (χ2n) is 7.71. The summed E-state index contributed by atoms with van der Waals surface area (Å²) >= 11 is 0. The summed E-state index contributed by atoms with van der Waals surface area (Å²) in [5.74, 6) is -5.10. The van der Waals surface area contributed by atoms with Gasteiger partial charge in [0, 0.05) is 31.1 Å². The number of methoxy groups -OCH3 is 1. The van der Waals surface area contributed by atoms with Gasteiger partial charge in [0.25, 0.3) is 0 Å². The van der Waals surface area contributed by atoms with Crippen LogP contribution < -0.4 is 4.74 Å². The number of halogens is 6. The van der Waals surface area contributed by atoms with E-state index < -0.39 is 42.4 Å². The molecule has 0 spiro atoms. The van der Waals surface area contributed by atoms with Crippen LogP contribution in [0.25, 0.3) is 0 Å². The molecule has 0 aromatic heterocycles. The van der Waals surface area contributed by atoms with E-state index in [1.54, 1.807) is 24.3 Å². The Morgan fingerprint density at radius 3 is 2.20 bits per heavy atom. The Hall–Kier alpha value is -2.17. The van der Waals surface area contributed by atoms with E-state index in [1.165, 1.54) is 26.0 Å². The van der Waals surface area contributed by atoms with Crippen LogP contribution in [0.1, 0.15) is 18.9 Å². The largest absolute Gasteiger partial charge is 0.497 e. The molecule has 1 amide bonds. The van der Waals surface area contributed by atoms with Crippen molar-refractivity contribution in [3.63, 3.8) is 0 Å². The van der Waals surface area contributed by atoms with Gasteiger partial charge in [-0.15, -0.1) is 0 Å². The van der Waals surface area contributed by atoms with E-state index in [-0.39, 0.29) is 19.5 Å². The molecule has 0 bridgehead atoms. The Morgan fingerprint density at radius 1 is 1.23 bits per heavy atom. The molecule has 2 rings (SSSR count). The highest BCUT2D eigenvalue weighted by Gasteiger charge is 2.65. The van der Waals surface area contributed by atoms with Crippen molar-refractivity contribution in [2.45, 2.75) is 37.8 Å². The molecular weight excluding hydrogens is 418 g/mol. The Kier molecular flexibility index (Phi) is 6.85. The Morgan fingerprint density at radius 2 is 1.77 bits per heavy atom. The van der Waals surface area contributed by atoms with Crippen molar-refractivity contribution < 1.29 is 41.0 Å². The molecule has 1 fully saturated rings. The minimum Gasteiger partial charge on any atom is -0.497 e. The lowest BCUT2D eigenvalue weighted by Gasteiger charge is -2.53. The minimum atomic E-state index is -5.56. The first-order chi connectivity index (χ1) is 13.7. The van der Waals surface area contributed by atoms with Crippen molar-refractivity contribution in [1.82, 2.24) is 9.80 Å². The monoisotopic (exact) mass is 442 g/mol. The third-order valence-electron chi connectivity index (χ3n) is 5.93. The summed E-state index contributed by atoms with van der Waals surface area (Å²) < 4.78 is 86.2. The highest BCUT2D eigenvalue weighted by molar-refractivity contribution is 5.65. The van der Waals surface area contributed by atoms with Crippen molar-refractivity contribution in [3.05, 3.63) is 29.8 Å². The molecule has 2 unspecified atom stereocenters. The molecule has 170 valence electrons. The van der Waals surface area contributed by atoms with Gasteiger partial charge in [-0.2, -0.15) is 26.3 Å². The SMILES string of the molecule is COc1ccc(CN(C)C2(C)CCN(C(=O)O)CC2C(C(F)(F)F)C(F)(F)F)cc1. The highest BCUT2D eigenvalue weighted by atomic mass is 19.4. The average Bonchev–Trinajstić information content (AvgIpc) is 2.61. The molecule has 30 heavy (non-hydrogen) atoms. The zero-order valence-electron chi connectivity index (χ0n) is 16.7. The molecular formula is C19H24F6N2O3. The third-order valence-corrected chi connectivity index (χ3v) is 5.93. The van der Waals surface area contributed by atoms with E-state index in [0.717, 1.165) is 0 Å². The fourth-order valence-electron chi connectivity index (χ4n) is 4.01. The van der Waals surface area contributed by atoms with Crippen LogP contribution in [0.15, 0.2) is 24.3 Å². The maximum absolute atomic E-state index is 13.5. The number of piperidine rings is 1. The first kappa shape index (κ1) is 24.1. The van der Waals surface area contributed by atoms with Gasteiger partial charge in [-0.1, -0.05) is 12.1 Å². The lowest BCUT2D eigenvalue weighted by Crippen LogP contribution is -2.64. The molecule has 2 atom stereocenters. The number of amides is 1. The maximum Gasteiger partial charge on any atom is 0.407 e. The predicted octanol–water partition coefficient (Wildman–Crippen LogP) is 4.63. The Balaban J connectivity index is 2.41. The number of likely N-dealkylation sites (tertiary alicyclic amines) is 1. The van der Waals surface area contributed by atoms with E-state index in [9.17, 15) is 36.2 Å². The number of nitrogens with zero attached hydrogens (tertiary/aromatic N) is 2. The summed E-state index contributed by atoms with van der Waals surface area (Å²) in [5, 5.41) is 9.17. The van der Waals surface area contributed by atoms with Crippen LogP contribution in [0.4, 0.5) is 31.1 Å². The van der Waals surface area contributed by atoms with E-state index in [4.69, 9.17) is 4.74 Å². The molecule has 1 aromatic rings. The molecule has 0 radical (unpaired) electrons. The van der Waals surface area contributed by atoms with Crippen molar-refractivity contribution in [2.24, 2.45) is 11.8 Å². The standard InChI is InChI=1S/C19H24F6N2O3/c1-17(26(2)10-12-4-6-13(30-3)7-5-12)8-9-27(16(28)29)11-14(17)15(18(20,21)22)19(23,24)25/h4-7,14-15H,8-11H2,1-3H3,(H,28,29). The Bertz CT molecular complexity index is 723. The average molecular weight is 442 g/mol. The zero-order valence-corrected chi connectivity index (χ0v) is 16.7. The van der Waals surface area contributed by atoms with Crippen LogP contribution in [-0.2, 0) is 6.54 Å². The van der Waals surface area contributed by atoms with Crippen LogP contribution in [-0.4, -0.2) is 66.1 Å². The quantitative estimate of drug-likeness (QED) is 0.676. The number of carbonyl (C=O) groups is 1. The second-order valence-corrected chi connectivity index (χ2v) is 7.71. The summed E-state index contributed by atoms with van der Waals surface area (Å²) in [7, 11) is 2.93. The topological polar surface area (TPSA) is 53.0 Å². The van der Waals surface area contributed by atoms with Crippen molar-refractivity contribution in [3.8, 4) is 5.75 Å². The molecule has 1 N–H and O–H groups in total. The second kappa shape index (κ2) is 8.52. The number of hydrogen-bond donors (Lipinski definition) is 1. The number of carboxylic acid groups (broad SMARTS) is 1. The number of hydrogen-bond acceptors (Lipinski definition) is 3. The van der Waals surface area contributed by atoms with Crippen LogP contribution >= 0.6 is 0 Å². The zero-order chi connectivity index (χ0) is 22.9. The van der Waals surface area contributed by atoms with Gasteiger partial charge in [0.1, 0.15) is 5.75 Å². The summed E-state index contributed by atoms with van der Waals surface area (Å²) in [6.07, 6.45) is -12.8. The molecule has 0 aliphatic carbocycles. The van der Waals surface area contributed by atoms with Gasteiger partial charge >= 0.3 is 18.4 Å². The van der Waals surface area contributed by atoms with Crippen molar-refractivity contribution in [2.75, 3.05) is 27.2 Å². The van der Waals surface area contributed by atoms with Gasteiger partial charge in [0.05, 0.1) is 7.11 Å². The summed E-state index contributed by atoms with van der Waals surface area (Å²) in [6, 6.07) is 6.63. The van der Waals surface area contributed by atoms with Gasteiger partial charge < -0.3 is 14.7 Å². The van der Waals surface area contributed by atoms with Gasteiger partial charge in [0.2, 0.25) is 0 Å². The van der Waals surface area contributed by atoms with Crippen molar-refractivity contribution in [1.29, 1.82) is 0 Å². The molecule has 5 nitrogen and oxygen atoms in total. The molecule has 11 heteroatoms. The molecule has 1 saturated heterocycles. The Labute approximate surface area is 170 Å². The van der Waals surface area contributed by atoms with E-state index in [2.05, 4.69) is 0 Å². The normalized spacial score (nSPS) is 23.2. The van der Waals surface area contributed by atoms with Crippen LogP contribution in [0.2, 0.25) is 0 Å². The fourth-order valence-corrected chi connectivity index (χ4v) is 4.01. The lowest BCUT2D eigenvalue weighted by atomic mass is 9.70. The summed E-state index contributed by atoms with van der Waals surface area (Å²) in [5.41, 5.74) is -0.865. The number of alkyl halides is 6. The van der Waals surface area contributed by atoms with Gasteiger partial charge in [-0.3, -0.25) is 4.90 Å². The van der Waals surface area contributed by atoms with Crippen molar-refractivity contribution >= 4 is 6.09 Å². The fraction of sp³-hybridized carbons (Fsp3) is 0.632. The maximum atomic E-state index is 13.5. The molecule has 1 heterocycles. The third kappa shape index (κ3) is 5.11. The highest BCUT2D eigenvalue weighted by Crippen LogP contribution is 2.50. The summed E-state index contributed by atoms with van der Waals surface area (Å²) in [4.78, 5) is 13.4. The van der Waals surface area contributed by atoms with E-state index in [1.807, 2.05) is 0 Å².